The molecule has 0 fully saturated rings. The van der Waals surface area contributed by atoms with E-state index >= 15 is 0 Å². The Labute approximate surface area is 79.5 Å². The van der Waals surface area contributed by atoms with Gasteiger partial charge in [-0.05, 0) is 19.4 Å². The molecule has 0 aromatic heterocycles. The summed E-state index contributed by atoms with van der Waals surface area (Å²) in [5.41, 5.74) is 1.16. The van der Waals surface area contributed by atoms with Crippen molar-refractivity contribution in [3.8, 4) is 0 Å². The number of hydrogen-bond acceptors (Lipinski definition) is 2. The van der Waals surface area contributed by atoms with Crippen LogP contribution >= 0.6 is 0 Å². The average Bonchev–Trinajstić information content (AvgIpc) is 2.14. The largest absolute Gasteiger partial charge is 0.352 e. The molecule has 0 amide bonds. The molecule has 71 valence electrons. The predicted molar refractivity (Wildman–Crippen MR) is 52.0 cm³/mol. The summed E-state index contributed by atoms with van der Waals surface area (Å²) in [7, 11) is 0. The second-order valence-electron chi connectivity index (χ2n) is 2.93. The zero-order valence-corrected chi connectivity index (χ0v) is 7.90. The summed E-state index contributed by atoms with van der Waals surface area (Å²) in [4.78, 5) is 0. The molecule has 13 heavy (non-hydrogen) atoms. The van der Waals surface area contributed by atoms with Gasteiger partial charge in [-0.3, -0.25) is 0 Å². The number of rotatable bonds is 5. The summed E-state index contributed by atoms with van der Waals surface area (Å²) in [5.74, 6) is 0. The van der Waals surface area contributed by atoms with Crippen LogP contribution in [-0.2, 0) is 16.1 Å². The van der Waals surface area contributed by atoms with Crippen LogP contribution in [0.1, 0.15) is 12.5 Å². The van der Waals surface area contributed by atoms with Gasteiger partial charge in [0.25, 0.3) is 0 Å². The number of benzene rings is 1. The van der Waals surface area contributed by atoms with Crippen LogP contribution in [0.5, 0.6) is 0 Å². The summed E-state index contributed by atoms with van der Waals surface area (Å²) >= 11 is 0. The van der Waals surface area contributed by atoms with Crippen LogP contribution in [0.4, 0.5) is 0 Å². The van der Waals surface area contributed by atoms with Gasteiger partial charge in [0.2, 0.25) is 0 Å². The maximum absolute atomic E-state index is 5.27. The molecule has 1 aromatic rings. The van der Waals surface area contributed by atoms with E-state index in [-0.39, 0.29) is 6.10 Å². The minimum absolute atomic E-state index is 0.0178. The Hall–Kier alpha value is -0.860. The van der Waals surface area contributed by atoms with Crippen molar-refractivity contribution in [3.05, 3.63) is 42.8 Å². The number of ether oxygens (including phenoxy) is 2. The standard InChI is InChI=1S/C11H15O2/c1-10(2)13-9-12-8-11-6-4-3-5-7-11/h3-7,10H,1,8-9H2,2H3/t10-/m0/s1. The van der Waals surface area contributed by atoms with Gasteiger partial charge in [0.15, 0.2) is 0 Å². The van der Waals surface area contributed by atoms with E-state index in [1.54, 1.807) is 0 Å². The lowest BCUT2D eigenvalue weighted by molar-refractivity contribution is -0.0782. The van der Waals surface area contributed by atoms with Gasteiger partial charge in [0, 0.05) is 0 Å². The van der Waals surface area contributed by atoms with Crippen molar-refractivity contribution in [1.29, 1.82) is 0 Å². The Morgan fingerprint density at radius 3 is 2.62 bits per heavy atom. The first kappa shape index (κ1) is 10.2. The topological polar surface area (TPSA) is 18.5 Å². The smallest absolute Gasteiger partial charge is 0.147 e. The van der Waals surface area contributed by atoms with Crippen LogP contribution < -0.4 is 0 Å². The Balaban J connectivity index is 2.13. The van der Waals surface area contributed by atoms with Crippen molar-refractivity contribution >= 4 is 0 Å². The Morgan fingerprint density at radius 1 is 1.31 bits per heavy atom. The van der Waals surface area contributed by atoms with Gasteiger partial charge in [-0.2, -0.15) is 0 Å². The molecular weight excluding hydrogens is 164 g/mol. The molecule has 0 bridgehead atoms. The quantitative estimate of drug-likeness (QED) is 0.510. The summed E-state index contributed by atoms with van der Waals surface area (Å²) in [6, 6.07) is 10.0. The highest BCUT2D eigenvalue weighted by molar-refractivity contribution is 5.13. The van der Waals surface area contributed by atoms with Crippen molar-refractivity contribution in [1.82, 2.24) is 0 Å². The molecular formula is C11H15O2. The van der Waals surface area contributed by atoms with Crippen LogP contribution in [0.2, 0.25) is 0 Å². The molecule has 1 aromatic carbocycles. The Bertz CT molecular complexity index is 219. The Kier molecular flexibility index (Phi) is 4.50. The monoisotopic (exact) mass is 179 g/mol. The van der Waals surface area contributed by atoms with Crippen LogP contribution in [-0.4, -0.2) is 12.9 Å². The molecule has 1 atom stereocenters. The summed E-state index contributed by atoms with van der Waals surface area (Å²) in [5, 5.41) is 0. The molecule has 0 saturated carbocycles. The second-order valence-corrected chi connectivity index (χ2v) is 2.93. The molecule has 0 N–H and O–H groups in total. The molecule has 0 aliphatic carbocycles. The van der Waals surface area contributed by atoms with Crippen molar-refractivity contribution in [2.45, 2.75) is 19.6 Å². The molecule has 0 heterocycles. The fourth-order valence-electron chi connectivity index (χ4n) is 0.898. The van der Waals surface area contributed by atoms with Gasteiger partial charge in [0.05, 0.1) is 12.7 Å². The minimum atomic E-state index is -0.0178. The summed E-state index contributed by atoms with van der Waals surface area (Å²) in [6.45, 7) is 6.46. The minimum Gasteiger partial charge on any atom is -0.352 e. The lowest BCUT2D eigenvalue weighted by atomic mass is 10.2. The highest BCUT2D eigenvalue weighted by Crippen LogP contribution is 2.00. The third kappa shape index (κ3) is 4.65. The predicted octanol–water partition coefficient (Wildman–Crippen LogP) is 2.40. The molecule has 1 radical (unpaired) electrons. The highest BCUT2D eigenvalue weighted by atomic mass is 16.7. The van der Waals surface area contributed by atoms with E-state index in [1.807, 2.05) is 37.3 Å². The maximum Gasteiger partial charge on any atom is 0.147 e. The molecule has 0 aliphatic heterocycles. The maximum atomic E-state index is 5.27. The van der Waals surface area contributed by atoms with Crippen LogP contribution in [0.3, 0.4) is 0 Å². The van der Waals surface area contributed by atoms with E-state index in [0.717, 1.165) is 5.56 Å². The van der Waals surface area contributed by atoms with Crippen molar-refractivity contribution < 1.29 is 9.47 Å². The molecule has 0 spiro atoms. The fraction of sp³-hybridized carbons (Fsp3) is 0.364. The molecule has 2 nitrogen and oxygen atoms in total. The Morgan fingerprint density at radius 2 is 2.00 bits per heavy atom. The van der Waals surface area contributed by atoms with Crippen molar-refractivity contribution in [3.63, 3.8) is 0 Å². The molecule has 0 saturated heterocycles. The molecule has 2 heteroatoms. The lowest BCUT2D eigenvalue weighted by Crippen LogP contribution is -2.07. The lowest BCUT2D eigenvalue weighted by Gasteiger charge is -2.07. The van der Waals surface area contributed by atoms with Gasteiger partial charge < -0.3 is 9.47 Å². The zero-order valence-electron chi connectivity index (χ0n) is 7.90. The van der Waals surface area contributed by atoms with Gasteiger partial charge in [0.1, 0.15) is 6.79 Å². The van der Waals surface area contributed by atoms with Gasteiger partial charge in [-0.1, -0.05) is 30.3 Å². The molecule has 0 unspecified atom stereocenters. The first-order valence-electron chi connectivity index (χ1n) is 4.35. The highest BCUT2D eigenvalue weighted by Gasteiger charge is 1.93. The van der Waals surface area contributed by atoms with Crippen molar-refractivity contribution in [2.75, 3.05) is 6.79 Å². The average molecular weight is 179 g/mol. The molecule has 1 rings (SSSR count). The van der Waals surface area contributed by atoms with Crippen LogP contribution in [0.15, 0.2) is 30.3 Å². The third-order valence-electron chi connectivity index (χ3n) is 1.55. The van der Waals surface area contributed by atoms with E-state index < -0.39 is 0 Å². The SMILES string of the molecule is [CH2][C@@H](C)OCOCc1ccccc1. The normalized spacial score (nSPS) is 10.7. The number of hydrogen-bond donors (Lipinski definition) is 0. The van der Waals surface area contributed by atoms with Gasteiger partial charge in [-0.15, -0.1) is 0 Å². The van der Waals surface area contributed by atoms with Gasteiger partial charge in [-0.25, -0.2) is 0 Å². The van der Waals surface area contributed by atoms with E-state index in [2.05, 4.69) is 6.92 Å². The van der Waals surface area contributed by atoms with Crippen LogP contribution in [0, 0.1) is 6.92 Å². The van der Waals surface area contributed by atoms with Crippen LogP contribution in [0.25, 0.3) is 0 Å². The van der Waals surface area contributed by atoms with Crippen molar-refractivity contribution in [2.24, 2.45) is 0 Å². The first-order chi connectivity index (χ1) is 6.29. The second kappa shape index (κ2) is 5.73. The van der Waals surface area contributed by atoms with E-state index in [0.29, 0.717) is 13.4 Å². The summed E-state index contributed by atoms with van der Waals surface area (Å²) < 4.78 is 10.4. The summed E-state index contributed by atoms with van der Waals surface area (Å²) in [6.07, 6.45) is -0.0178. The van der Waals surface area contributed by atoms with E-state index in [9.17, 15) is 0 Å². The van der Waals surface area contributed by atoms with E-state index in [4.69, 9.17) is 9.47 Å². The van der Waals surface area contributed by atoms with Gasteiger partial charge >= 0.3 is 0 Å². The third-order valence-corrected chi connectivity index (χ3v) is 1.55. The first-order valence-corrected chi connectivity index (χ1v) is 4.35. The van der Waals surface area contributed by atoms with E-state index in [1.165, 1.54) is 0 Å². The molecule has 0 aliphatic rings. The fourth-order valence-corrected chi connectivity index (χ4v) is 0.898. The zero-order chi connectivity index (χ0) is 9.52.